The lowest BCUT2D eigenvalue weighted by Crippen LogP contribution is -2.37. The van der Waals surface area contributed by atoms with E-state index in [1.54, 1.807) is 0 Å². The predicted molar refractivity (Wildman–Crippen MR) is 140 cm³/mol. The van der Waals surface area contributed by atoms with Gasteiger partial charge in [-0.15, -0.1) is 0 Å². The molecule has 0 amide bonds. The minimum absolute atomic E-state index is 0.264. The SMILES string of the molecule is C=c1/c(=C\C2=C(C)c3ccccc3C2(c2ccccc2)C2C=CN=CC2)[nH]c2ccccc12. The van der Waals surface area contributed by atoms with Crippen LogP contribution in [0.15, 0.2) is 102 Å². The molecule has 4 aromatic rings. The molecule has 1 N–H and O–H groups in total. The molecule has 2 atom stereocenters. The van der Waals surface area contributed by atoms with Gasteiger partial charge >= 0.3 is 0 Å². The van der Waals surface area contributed by atoms with Crippen molar-refractivity contribution in [2.24, 2.45) is 10.9 Å². The second-order valence-electron chi connectivity index (χ2n) is 8.98. The Balaban J connectivity index is 1.72. The van der Waals surface area contributed by atoms with Gasteiger partial charge < -0.3 is 4.98 Å². The molecule has 33 heavy (non-hydrogen) atoms. The van der Waals surface area contributed by atoms with Crippen LogP contribution in [0.3, 0.4) is 0 Å². The van der Waals surface area contributed by atoms with Gasteiger partial charge in [0.25, 0.3) is 0 Å². The Morgan fingerprint density at radius 1 is 0.970 bits per heavy atom. The number of hydrogen-bond donors (Lipinski definition) is 1. The lowest BCUT2D eigenvalue weighted by Gasteiger charge is -2.40. The van der Waals surface area contributed by atoms with E-state index in [2.05, 4.69) is 121 Å². The van der Waals surface area contributed by atoms with Crippen molar-refractivity contribution in [1.82, 2.24) is 4.98 Å². The van der Waals surface area contributed by atoms with E-state index in [4.69, 9.17) is 0 Å². The molecule has 0 spiro atoms. The third-order valence-corrected chi connectivity index (χ3v) is 7.37. The van der Waals surface area contributed by atoms with E-state index in [0.717, 1.165) is 22.5 Å². The number of para-hydroxylation sites is 1. The molecule has 0 radical (unpaired) electrons. The van der Waals surface area contributed by atoms with Crippen LogP contribution >= 0.6 is 0 Å². The Morgan fingerprint density at radius 3 is 2.52 bits per heavy atom. The molecule has 2 aliphatic rings. The van der Waals surface area contributed by atoms with Gasteiger partial charge in [-0.25, -0.2) is 0 Å². The minimum atomic E-state index is -0.297. The number of nitrogens with zero attached hydrogens (tertiary/aromatic N) is 1. The molecule has 0 saturated heterocycles. The Bertz CT molecular complexity index is 1570. The first-order chi connectivity index (χ1) is 16.2. The van der Waals surface area contributed by atoms with Crippen molar-refractivity contribution in [1.29, 1.82) is 0 Å². The summed E-state index contributed by atoms with van der Waals surface area (Å²) in [6, 6.07) is 28.3. The second kappa shape index (κ2) is 7.60. The average molecular weight is 427 g/mol. The second-order valence-corrected chi connectivity index (χ2v) is 8.98. The summed E-state index contributed by atoms with van der Waals surface area (Å²) in [7, 11) is 0. The summed E-state index contributed by atoms with van der Waals surface area (Å²) in [6.07, 6.45) is 9.55. The van der Waals surface area contributed by atoms with Crippen LogP contribution in [0.1, 0.15) is 30.0 Å². The van der Waals surface area contributed by atoms with Gasteiger partial charge in [-0.1, -0.05) is 85.5 Å². The smallest absolute Gasteiger partial charge is 0.0527 e. The molecule has 0 saturated carbocycles. The van der Waals surface area contributed by atoms with Crippen LogP contribution in [0.4, 0.5) is 0 Å². The van der Waals surface area contributed by atoms with Crippen molar-refractivity contribution in [2.45, 2.75) is 18.8 Å². The van der Waals surface area contributed by atoms with E-state index < -0.39 is 0 Å². The van der Waals surface area contributed by atoms with Crippen molar-refractivity contribution < 1.29 is 0 Å². The standard InChI is InChI=1S/C31H26N2/c1-21-25-12-6-8-14-27(25)31(23-10-4-3-5-11-23,24-16-18-32-19-17-24)28(21)20-30-22(2)26-13-7-9-15-29(26)33-30/h3-16,18-20,24,33H,2,17H2,1H3/b30-20+. The van der Waals surface area contributed by atoms with Crippen LogP contribution in [0.5, 0.6) is 0 Å². The van der Waals surface area contributed by atoms with Gasteiger partial charge in [0.2, 0.25) is 0 Å². The molecular weight excluding hydrogens is 400 g/mol. The topological polar surface area (TPSA) is 28.1 Å². The van der Waals surface area contributed by atoms with Gasteiger partial charge in [0.1, 0.15) is 0 Å². The van der Waals surface area contributed by atoms with Crippen LogP contribution in [0.2, 0.25) is 0 Å². The molecule has 160 valence electrons. The van der Waals surface area contributed by atoms with Crippen molar-refractivity contribution >= 4 is 35.3 Å². The molecule has 2 heteroatoms. The lowest BCUT2D eigenvalue weighted by molar-refractivity contribution is 0.468. The highest BCUT2D eigenvalue weighted by Crippen LogP contribution is 2.56. The molecule has 6 rings (SSSR count). The Kier molecular flexibility index (Phi) is 4.55. The van der Waals surface area contributed by atoms with Crippen LogP contribution in [0.25, 0.3) is 29.1 Å². The Labute approximate surface area is 194 Å². The van der Waals surface area contributed by atoms with Crippen molar-refractivity contribution in [3.05, 3.63) is 124 Å². The number of allylic oxidation sites excluding steroid dienone is 3. The van der Waals surface area contributed by atoms with Crippen molar-refractivity contribution in [2.75, 3.05) is 0 Å². The molecule has 0 bridgehead atoms. The van der Waals surface area contributed by atoms with E-state index in [1.165, 1.54) is 33.2 Å². The maximum atomic E-state index is 4.44. The van der Waals surface area contributed by atoms with E-state index in [1.807, 2.05) is 6.20 Å². The summed E-state index contributed by atoms with van der Waals surface area (Å²) in [5, 5.41) is 3.30. The normalized spacial score (nSPS) is 22.3. The average Bonchev–Trinajstić information content (AvgIpc) is 3.33. The third kappa shape index (κ3) is 2.84. The molecule has 3 aromatic carbocycles. The van der Waals surface area contributed by atoms with Crippen LogP contribution in [-0.2, 0) is 5.41 Å². The largest absolute Gasteiger partial charge is 0.355 e. The van der Waals surface area contributed by atoms with Crippen LogP contribution < -0.4 is 10.6 Å². The van der Waals surface area contributed by atoms with Gasteiger partial charge in [0, 0.05) is 39.8 Å². The monoisotopic (exact) mass is 426 g/mol. The number of benzene rings is 3. The number of H-pyrrole nitrogens is 1. The lowest BCUT2D eigenvalue weighted by atomic mass is 9.62. The van der Waals surface area contributed by atoms with Crippen molar-refractivity contribution in [3.63, 3.8) is 0 Å². The fraction of sp³-hybridized carbons (Fsp3) is 0.129. The number of aromatic amines is 1. The number of aromatic nitrogens is 1. The van der Waals surface area contributed by atoms with E-state index in [0.29, 0.717) is 0 Å². The minimum Gasteiger partial charge on any atom is -0.355 e. The quantitative estimate of drug-likeness (QED) is 0.433. The summed E-state index contributed by atoms with van der Waals surface area (Å²) in [4.78, 5) is 8.04. The van der Waals surface area contributed by atoms with E-state index in [9.17, 15) is 0 Å². The highest BCUT2D eigenvalue weighted by atomic mass is 14.7. The van der Waals surface area contributed by atoms with Gasteiger partial charge in [-0.3, -0.25) is 4.99 Å². The number of aliphatic imine (C=N–C) groups is 1. The molecule has 2 heterocycles. The fourth-order valence-electron chi connectivity index (χ4n) is 5.86. The van der Waals surface area contributed by atoms with Crippen LogP contribution in [0, 0.1) is 5.92 Å². The first kappa shape index (κ1) is 19.8. The summed E-state index contributed by atoms with van der Waals surface area (Å²) < 4.78 is 0. The molecule has 1 aromatic heterocycles. The summed E-state index contributed by atoms with van der Waals surface area (Å²) in [5.41, 5.74) is 7.48. The summed E-state index contributed by atoms with van der Waals surface area (Å²) in [6.45, 7) is 6.70. The zero-order chi connectivity index (χ0) is 22.4. The fourth-order valence-corrected chi connectivity index (χ4v) is 5.86. The first-order valence-corrected chi connectivity index (χ1v) is 11.5. The maximum Gasteiger partial charge on any atom is 0.0527 e. The molecule has 0 fully saturated rings. The van der Waals surface area contributed by atoms with Crippen LogP contribution in [-0.4, -0.2) is 11.2 Å². The van der Waals surface area contributed by atoms with Gasteiger partial charge in [0.05, 0.1) is 5.41 Å². The van der Waals surface area contributed by atoms with Gasteiger partial charge in [-0.2, -0.15) is 0 Å². The highest BCUT2D eigenvalue weighted by Gasteiger charge is 2.49. The third-order valence-electron chi connectivity index (χ3n) is 7.37. The summed E-state index contributed by atoms with van der Waals surface area (Å²) >= 11 is 0. The van der Waals surface area contributed by atoms with Crippen molar-refractivity contribution in [3.8, 4) is 0 Å². The first-order valence-electron chi connectivity index (χ1n) is 11.5. The van der Waals surface area contributed by atoms with Gasteiger partial charge in [0.15, 0.2) is 0 Å². The summed E-state index contributed by atoms with van der Waals surface area (Å²) in [5.74, 6) is 0.264. The number of nitrogens with one attached hydrogen (secondary N) is 1. The highest BCUT2D eigenvalue weighted by molar-refractivity contribution is 5.90. The number of rotatable bonds is 3. The number of fused-ring (bicyclic) bond motifs is 2. The predicted octanol–water partition coefficient (Wildman–Crippen LogP) is 5.74. The van der Waals surface area contributed by atoms with E-state index >= 15 is 0 Å². The Hall–Kier alpha value is -3.91. The molecule has 1 aliphatic carbocycles. The Morgan fingerprint density at radius 2 is 1.73 bits per heavy atom. The van der Waals surface area contributed by atoms with Gasteiger partial charge in [-0.05, 0) is 53.3 Å². The molecule has 2 nitrogen and oxygen atoms in total. The maximum absolute atomic E-state index is 4.44. The molecule has 1 aliphatic heterocycles. The molecular formula is C31H26N2. The zero-order valence-corrected chi connectivity index (χ0v) is 18.8. The molecule has 2 unspecified atom stereocenters. The van der Waals surface area contributed by atoms with E-state index in [-0.39, 0.29) is 11.3 Å². The zero-order valence-electron chi connectivity index (χ0n) is 18.8. The number of hydrogen-bond acceptors (Lipinski definition) is 1.